The van der Waals surface area contributed by atoms with Gasteiger partial charge in [0.05, 0.1) is 18.7 Å². The number of aryl methyl sites for hydroxylation is 1. The fraction of sp³-hybridized carbons (Fsp3) is 0.579. The summed E-state index contributed by atoms with van der Waals surface area (Å²) in [6, 6.07) is 6.17. The number of rotatable bonds is 1. The summed E-state index contributed by atoms with van der Waals surface area (Å²) in [4.78, 5) is 25.7. The number of anilines is 1. The molecule has 0 spiro atoms. The molecule has 5 nitrogen and oxygen atoms in total. The molecule has 1 atom stereocenters. The molecule has 0 radical (unpaired) electrons. The molecule has 0 unspecified atom stereocenters. The smallest absolute Gasteiger partial charge is 0.414 e. The van der Waals surface area contributed by atoms with Crippen LogP contribution >= 0.6 is 0 Å². The molecule has 24 heavy (non-hydrogen) atoms. The number of hydrogen-bond acceptors (Lipinski definition) is 4. The number of hydrogen-bond donors (Lipinski definition) is 0. The van der Waals surface area contributed by atoms with Crippen molar-refractivity contribution in [1.29, 1.82) is 0 Å². The van der Waals surface area contributed by atoms with Crippen LogP contribution in [-0.2, 0) is 20.7 Å². The molecule has 2 aliphatic heterocycles. The first-order valence-electron chi connectivity index (χ1n) is 8.62. The van der Waals surface area contributed by atoms with Crippen LogP contribution < -0.4 is 4.90 Å². The van der Waals surface area contributed by atoms with Gasteiger partial charge in [0.25, 0.3) is 0 Å². The lowest BCUT2D eigenvalue weighted by Gasteiger charge is -2.32. The highest BCUT2D eigenvalue weighted by Gasteiger charge is 2.29. The van der Waals surface area contributed by atoms with Gasteiger partial charge in [-0.25, -0.2) is 4.79 Å². The van der Waals surface area contributed by atoms with E-state index in [1.54, 1.807) is 4.90 Å². The minimum Gasteiger partial charge on any atom is -0.466 e. The molecule has 2 heterocycles. The number of carbonyl (C=O) groups excluding carboxylic acids is 2. The van der Waals surface area contributed by atoms with E-state index < -0.39 is 5.60 Å². The molecule has 1 aromatic carbocycles. The summed E-state index contributed by atoms with van der Waals surface area (Å²) < 4.78 is 10.5. The van der Waals surface area contributed by atoms with Crippen molar-refractivity contribution in [2.75, 3.05) is 18.1 Å². The van der Waals surface area contributed by atoms with Gasteiger partial charge in [0.2, 0.25) is 0 Å². The number of ether oxygens (including phenoxy) is 2. The zero-order valence-electron chi connectivity index (χ0n) is 14.6. The van der Waals surface area contributed by atoms with Crippen LogP contribution in [0.4, 0.5) is 10.5 Å². The Kier molecular flexibility index (Phi) is 4.52. The standard InChI is InChI=1S/C19H25NO4/c1-19(2,3)24-18(22)20-9-4-5-15-11-13(6-7-16(15)20)14-8-10-23-17(21)12-14/h6-7,11,14H,4-5,8-10,12H2,1-3H3/t14-/m1/s1. The predicted octanol–water partition coefficient (Wildman–Crippen LogP) is 3.79. The van der Waals surface area contributed by atoms with Crippen molar-refractivity contribution in [3.05, 3.63) is 29.3 Å². The molecule has 1 fully saturated rings. The number of cyclic esters (lactones) is 1. The lowest BCUT2D eigenvalue weighted by atomic mass is 9.88. The van der Waals surface area contributed by atoms with Gasteiger partial charge in [-0.2, -0.15) is 0 Å². The van der Waals surface area contributed by atoms with Gasteiger partial charge in [0.15, 0.2) is 0 Å². The minimum atomic E-state index is -0.503. The molecule has 1 saturated heterocycles. The Morgan fingerprint density at radius 2 is 2.12 bits per heavy atom. The van der Waals surface area contributed by atoms with Gasteiger partial charge in [-0.05, 0) is 63.1 Å². The molecule has 0 bridgehead atoms. The Balaban J connectivity index is 1.82. The van der Waals surface area contributed by atoms with E-state index in [0.29, 0.717) is 19.6 Å². The molecule has 2 aliphatic rings. The highest BCUT2D eigenvalue weighted by Crippen LogP contribution is 2.34. The van der Waals surface area contributed by atoms with Crippen LogP contribution in [0.25, 0.3) is 0 Å². The molecule has 0 saturated carbocycles. The molecule has 0 aliphatic carbocycles. The lowest BCUT2D eigenvalue weighted by molar-refractivity contribution is -0.147. The van der Waals surface area contributed by atoms with Crippen molar-refractivity contribution in [2.24, 2.45) is 0 Å². The zero-order chi connectivity index (χ0) is 17.3. The number of fused-ring (bicyclic) bond motifs is 1. The maximum absolute atomic E-state index is 12.4. The summed E-state index contributed by atoms with van der Waals surface area (Å²) in [6.45, 7) is 6.80. The van der Waals surface area contributed by atoms with Gasteiger partial charge in [-0.1, -0.05) is 12.1 Å². The van der Waals surface area contributed by atoms with Crippen LogP contribution in [-0.4, -0.2) is 30.8 Å². The Bertz CT molecular complexity index is 647. The van der Waals surface area contributed by atoms with Gasteiger partial charge in [-0.15, -0.1) is 0 Å². The van der Waals surface area contributed by atoms with Crippen molar-refractivity contribution in [3.8, 4) is 0 Å². The topological polar surface area (TPSA) is 55.8 Å². The van der Waals surface area contributed by atoms with Crippen molar-refractivity contribution in [1.82, 2.24) is 0 Å². The normalized spacial score (nSPS) is 21.0. The summed E-state index contributed by atoms with van der Waals surface area (Å²) in [5, 5.41) is 0. The maximum Gasteiger partial charge on any atom is 0.414 e. The monoisotopic (exact) mass is 331 g/mol. The van der Waals surface area contributed by atoms with Crippen LogP contribution in [0.3, 0.4) is 0 Å². The van der Waals surface area contributed by atoms with Crippen molar-refractivity contribution < 1.29 is 19.1 Å². The highest BCUT2D eigenvalue weighted by molar-refractivity contribution is 5.89. The highest BCUT2D eigenvalue weighted by atomic mass is 16.6. The van der Waals surface area contributed by atoms with Gasteiger partial charge >= 0.3 is 12.1 Å². The first-order valence-corrected chi connectivity index (χ1v) is 8.62. The Labute approximate surface area is 142 Å². The van der Waals surface area contributed by atoms with E-state index >= 15 is 0 Å². The fourth-order valence-corrected chi connectivity index (χ4v) is 3.34. The summed E-state index contributed by atoms with van der Waals surface area (Å²) in [5.74, 6) is 0.0906. The Morgan fingerprint density at radius 3 is 2.83 bits per heavy atom. The first kappa shape index (κ1) is 16.8. The third kappa shape index (κ3) is 3.71. The average molecular weight is 331 g/mol. The average Bonchev–Trinajstić information content (AvgIpc) is 2.52. The van der Waals surface area contributed by atoms with E-state index in [9.17, 15) is 9.59 Å². The van der Waals surface area contributed by atoms with Gasteiger partial charge in [0, 0.05) is 6.54 Å². The van der Waals surface area contributed by atoms with Crippen LogP contribution in [0.2, 0.25) is 0 Å². The third-order valence-corrected chi connectivity index (χ3v) is 4.45. The number of amides is 1. The van der Waals surface area contributed by atoms with Crippen LogP contribution in [0.5, 0.6) is 0 Å². The number of carbonyl (C=O) groups is 2. The number of esters is 1. The zero-order valence-corrected chi connectivity index (χ0v) is 14.6. The number of benzene rings is 1. The van der Waals surface area contributed by atoms with Gasteiger partial charge < -0.3 is 9.47 Å². The van der Waals surface area contributed by atoms with Crippen LogP contribution in [0.1, 0.15) is 57.1 Å². The molecular formula is C19H25NO4. The molecule has 1 aromatic rings. The largest absolute Gasteiger partial charge is 0.466 e. The van der Waals surface area contributed by atoms with Crippen LogP contribution in [0.15, 0.2) is 18.2 Å². The molecule has 1 amide bonds. The molecule has 0 aromatic heterocycles. The van der Waals surface area contributed by atoms with Gasteiger partial charge in [-0.3, -0.25) is 9.69 Å². The van der Waals surface area contributed by atoms with E-state index in [1.807, 2.05) is 32.9 Å². The summed E-state index contributed by atoms with van der Waals surface area (Å²) in [5.41, 5.74) is 2.74. The summed E-state index contributed by atoms with van der Waals surface area (Å²) >= 11 is 0. The van der Waals surface area contributed by atoms with Crippen LogP contribution in [0, 0.1) is 0 Å². The second kappa shape index (κ2) is 6.46. The van der Waals surface area contributed by atoms with E-state index in [0.717, 1.165) is 36.1 Å². The summed E-state index contributed by atoms with van der Waals surface area (Å²) in [6.07, 6.45) is 2.87. The Morgan fingerprint density at radius 1 is 1.33 bits per heavy atom. The van der Waals surface area contributed by atoms with E-state index in [4.69, 9.17) is 9.47 Å². The molecule has 5 heteroatoms. The molecule has 0 N–H and O–H groups in total. The molecule has 3 rings (SSSR count). The molecular weight excluding hydrogens is 306 g/mol. The SMILES string of the molecule is CC(C)(C)OC(=O)N1CCCc2cc([C@@H]3CCOC(=O)C3)ccc21. The second-order valence-electron chi connectivity index (χ2n) is 7.53. The van der Waals surface area contributed by atoms with E-state index in [-0.39, 0.29) is 18.0 Å². The predicted molar refractivity (Wildman–Crippen MR) is 91.3 cm³/mol. The van der Waals surface area contributed by atoms with Crippen molar-refractivity contribution >= 4 is 17.7 Å². The van der Waals surface area contributed by atoms with Gasteiger partial charge in [0.1, 0.15) is 5.60 Å². The third-order valence-electron chi connectivity index (χ3n) is 4.45. The number of nitrogens with zero attached hydrogens (tertiary/aromatic N) is 1. The second-order valence-corrected chi connectivity index (χ2v) is 7.53. The van der Waals surface area contributed by atoms with E-state index in [1.165, 1.54) is 0 Å². The summed E-state index contributed by atoms with van der Waals surface area (Å²) in [7, 11) is 0. The Hall–Kier alpha value is -2.04. The quantitative estimate of drug-likeness (QED) is 0.735. The molecule has 130 valence electrons. The van der Waals surface area contributed by atoms with Crippen molar-refractivity contribution in [3.63, 3.8) is 0 Å². The van der Waals surface area contributed by atoms with E-state index in [2.05, 4.69) is 6.07 Å². The fourth-order valence-electron chi connectivity index (χ4n) is 3.34. The minimum absolute atomic E-state index is 0.126. The lowest BCUT2D eigenvalue weighted by Crippen LogP contribution is -2.39. The van der Waals surface area contributed by atoms with Crippen molar-refractivity contribution in [2.45, 2.75) is 58.0 Å². The maximum atomic E-state index is 12.4. The first-order chi connectivity index (χ1) is 11.3.